The Labute approximate surface area is 125 Å². The predicted octanol–water partition coefficient (Wildman–Crippen LogP) is 2.76. The Kier molecular flexibility index (Phi) is 4.70. The molecule has 0 spiro atoms. The van der Waals surface area contributed by atoms with Gasteiger partial charge in [-0.15, -0.1) is 0 Å². The Morgan fingerprint density at radius 1 is 1.00 bits per heavy atom. The smallest absolute Gasteiger partial charge is 0.168 e. The molecule has 0 aliphatic rings. The van der Waals surface area contributed by atoms with Crippen molar-refractivity contribution in [2.24, 2.45) is 5.73 Å². The number of hydrogen-bond acceptors (Lipinski definition) is 4. The van der Waals surface area contributed by atoms with Gasteiger partial charge in [0, 0.05) is 16.8 Å². The highest BCUT2D eigenvalue weighted by Crippen LogP contribution is 2.41. The van der Waals surface area contributed by atoms with Gasteiger partial charge in [-0.2, -0.15) is 0 Å². The second-order valence-corrected chi connectivity index (χ2v) is 5.01. The summed E-state index contributed by atoms with van der Waals surface area (Å²) in [7, 11) is 3.27. The lowest BCUT2D eigenvalue weighted by molar-refractivity contribution is 0.356. The van der Waals surface area contributed by atoms with Gasteiger partial charge in [0.2, 0.25) is 0 Å². The summed E-state index contributed by atoms with van der Waals surface area (Å²) in [4.78, 5) is 0. The van der Waals surface area contributed by atoms with Crippen molar-refractivity contribution in [3.05, 3.63) is 41.5 Å². The molecule has 0 radical (unpaired) electrons. The van der Waals surface area contributed by atoms with Crippen LogP contribution in [0, 0.1) is 6.92 Å². The molecule has 0 fully saturated rings. The van der Waals surface area contributed by atoms with Crippen molar-refractivity contribution < 1.29 is 9.47 Å². The molecule has 0 aromatic heterocycles. The van der Waals surface area contributed by atoms with Gasteiger partial charge in [-0.3, -0.25) is 0 Å². The monoisotopic (exact) mass is 286 g/mol. The molecule has 0 unspecified atom stereocenters. The molecule has 2 aromatic rings. The van der Waals surface area contributed by atoms with E-state index in [-0.39, 0.29) is 0 Å². The molecule has 0 heterocycles. The first-order valence-corrected chi connectivity index (χ1v) is 6.92. The number of ether oxygens (including phenoxy) is 2. The van der Waals surface area contributed by atoms with Crippen LogP contribution in [0.5, 0.6) is 11.5 Å². The Balaban J connectivity index is 2.69. The maximum absolute atomic E-state index is 6.14. The summed E-state index contributed by atoms with van der Waals surface area (Å²) >= 11 is 0. The number of nitrogen functional groups attached to an aromatic ring is 1. The molecule has 21 heavy (non-hydrogen) atoms. The average molecular weight is 286 g/mol. The van der Waals surface area contributed by atoms with Crippen molar-refractivity contribution in [1.29, 1.82) is 0 Å². The molecule has 112 valence electrons. The topological polar surface area (TPSA) is 70.5 Å². The van der Waals surface area contributed by atoms with Crippen LogP contribution < -0.4 is 20.9 Å². The molecule has 0 amide bonds. The number of methoxy groups -OCH3 is 2. The lowest BCUT2D eigenvalue weighted by Crippen LogP contribution is -2.04. The fraction of sp³-hybridized carbons (Fsp3) is 0.294. The first-order valence-electron chi connectivity index (χ1n) is 6.92. The van der Waals surface area contributed by atoms with E-state index in [2.05, 4.69) is 12.1 Å². The first kappa shape index (κ1) is 15.2. The van der Waals surface area contributed by atoms with E-state index in [0.717, 1.165) is 28.7 Å². The molecule has 2 aromatic carbocycles. The molecule has 0 saturated heterocycles. The van der Waals surface area contributed by atoms with Crippen LogP contribution in [0.2, 0.25) is 0 Å². The molecule has 0 atom stereocenters. The third-order valence-corrected chi connectivity index (χ3v) is 3.47. The van der Waals surface area contributed by atoms with E-state index < -0.39 is 0 Å². The number of aryl methyl sites for hydroxylation is 1. The number of nitrogens with two attached hydrogens (primary N) is 2. The summed E-state index contributed by atoms with van der Waals surface area (Å²) in [5.74, 6) is 1.38. The van der Waals surface area contributed by atoms with Crippen LogP contribution in [-0.2, 0) is 6.42 Å². The quantitative estimate of drug-likeness (QED) is 0.829. The highest BCUT2D eigenvalue weighted by Gasteiger charge is 2.16. The van der Waals surface area contributed by atoms with Gasteiger partial charge in [0.25, 0.3) is 0 Å². The Hall–Kier alpha value is -2.20. The molecule has 4 nitrogen and oxygen atoms in total. The highest BCUT2D eigenvalue weighted by atomic mass is 16.5. The van der Waals surface area contributed by atoms with Crippen molar-refractivity contribution in [1.82, 2.24) is 0 Å². The SMILES string of the molecule is COc1cc(CCN)cc(-c2cc(C)ccc2N)c1OC. The van der Waals surface area contributed by atoms with Crippen LogP contribution in [0.15, 0.2) is 30.3 Å². The van der Waals surface area contributed by atoms with E-state index >= 15 is 0 Å². The number of hydrogen-bond donors (Lipinski definition) is 2. The molecule has 0 aliphatic carbocycles. The summed E-state index contributed by atoms with van der Waals surface area (Å²) < 4.78 is 11.0. The molecule has 4 N–H and O–H groups in total. The van der Waals surface area contributed by atoms with Gasteiger partial charge in [0.05, 0.1) is 14.2 Å². The van der Waals surface area contributed by atoms with Gasteiger partial charge in [-0.25, -0.2) is 0 Å². The molecule has 0 saturated carbocycles. The Morgan fingerprint density at radius 2 is 1.76 bits per heavy atom. The number of benzene rings is 2. The van der Waals surface area contributed by atoms with Crippen LogP contribution in [0.3, 0.4) is 0 Å². The van der Waals surface area contributed by atoms with Gasteiger partial charge >= 0.3 is 0 Å². The third-order valence-electron chi connectivity index (χ3n) is 3.47. The van der Waals surface area contributed by atoms with Crippen molar-refractivity contribution in [3.63, 3.8) is 0 Å². The number of rotatable bonds is 5. The zero-order valence-electron chi connectivity index (χ0n) is 12.8. The van der Waals surface area contributed by atoms with Crippen molar-refractivity contribution in [2.75, 3.05) is 26.5 Å². The largest absolute Gasteiger partial charge is 0.493 e. The van der Waals surface area contributed by atoms with Gasteiger partial charge in [-0.05, 0) is 49.7 Å². The van der Waals surface area contributed by atoms with E-state index in [1.807, 2.05) is 25.1 Å². The van der Waals surface area contributed by atoms with Gasteiger partial charge in [0.15, 0.2) is 11.5 Å². The lowest BCUT2D eigenvalue weighted by atomic mass is 9.97. The number of anilines is 1. The maximum Gasteiger partial charge on any atom is 0.168 e. The minimum absolute atomic E-state index is 0.582. The Morgan fingerprint density at radius 3 is 2.38 bits per heavy atom. The van der Waals surface area contributed by atoms with Crippen LogP contribution in [0.25, 0.3) is 11.1 Å². The maximum atomic E-state index is 6.14. The fourth-order valence-electron chi connectivity index (χ4n) is 2.44. The predicted molar refractivity (Wildman–Crippen MR) is 86.9 cm³/mol. The van der Waals surface area contributed by atoms with Crippen LogP contribution in [-0.4, -0.2) is 20.8 Å². The summed E-state index contributed by atoms with van der Waals surface area (Å²) in [5.41, 5.74) is 16.6. The summed E-state index contributed by atoms with van der Waals surface area (Å²) in [6.45, 7) is 2.62. The van der Waals surface area contributed by atoms with Crippen molar-refractivity contribution in [2.45, 2.75) is 13.3 Å². The standard InChI is InChI=1S/C17H22N2O2/c1-11-4-5-15(19)13(8-11)14-9-12(6-7-18)10-16(20-2)17(14)21-3/h4-5,8-10H,6-7,18-19H2,1-3H3. The van der Waals surface area contributed by atoms with E-state index in [4.69, 9.17) is 20.9 Å². The first-order chi connectivity index (χ1) is 10.1. The molecular weight excluding hydrogens is 264 g/mol. The van der Waals surface area contributed by atoms with Gasteiger partial charge in [-0.1, -0.05) is 11.6 Å². The van der Waals surface area contributed by atoms with Crippen LogP contribution in [0.1, 0.15) is 11.1 Å². The van der Waals surface area contributed by atoms with Crippen LogP contribution >= 0.6 is 0 Å². The minimum Gasteiger partial charge on any atom is -0.493 e. The van der Waals surface area contributed by atoms with Crippen molar-refractivity contribution >= 4 is 5.69 Å². The summed E-state index contributed by atoms with van der Waals surface area (Å²) in [6.07, 6.45) is 0.777. The van der Waals surface area contributed by atoms with Gasteiger partial charge < -0.3 is 20.9 Å². The molecule has 0 aliphatic heterocycles. The van der Waals surface area contributed by atoms with Crippen LogP contribution in [0.4, 0.5) is 5.69 Å². The van der Waals surface area contributed by atoms with E-state index in [0.29, 0.717) is 23.7 Å². The van der Waals surface area contributed by atoms with Gasteiger partial charge in [0.1, 0.15) is 0 Å². The van der Waals surface area contributed by atoms with E-state index in [1.54, 1.807) is 14.2 Å². The summed E-state index contributed by atoms with van der Waals surface area (Å²) in [6, 6.07) is 9.98. The fourth-order valence-corrected chi connectivity index (χ4v) is 2.44. The average Bonchev–Trinajstić information content (AvgIpc) is 2.49. The highest BCUT2D eigenvalue weighted by molar-refractivity contribution is 5.83. The van der Waals surface area contributed by atoms with E-state index in [9.17, 15) is 0 Å². The van der Waals surface area contributed by atoms with E-state index in [1.165, 1.54) is 0 Å². The normalized spacial score (nSPS) is 10.5. The second-order valence-electron chi connectivity index (χ2n) is 5.01. The zero-order chi connectivity index (χ0) is 15.4. The third kappa shape index (κ3) is 3.11. The molecule has 0 bridgehead atoms. The zero-order valence-corrected chi connectivity index (χ0v) is 12.8. The van der Waals surface area contributed by atoms with Crippen molar-refractivity contribution in [3.8, 4) is 22.6 Å². The summed E-state index contributed by atoms with van der Waals surface area (Å²) in [5, 5.41) is 0. The molecule has 4 heteroatoms. The molecule has 2 rings (SSSR count). The second kappa shape index (κ2) is 6.50. The Bertz CT molecular complexity index is 639. The lowest BCUT2D eigenvalue weighted by Gasteiger charge is -2.17. The minimum atomic E-state index is 0.582. The molecular formula is C17H22N2O2.